The minimum atomic E-state index is -1.38. The molecule has 4 rings (SSSR count). The summed E-state index contributed by atoms with van der Waals surface area (Å²) >= 11 is 0. The van der Waals surface area contributed by atoms with Gasteiger partial charge >= 0.3 is 5.97 Å². The number of hydrogen-bond donors (Lipinski definition) is 3. The van der Waals surface area contributed by atoms with Crippen molar-refractivity contribution >= 4 is 40.9 Å². The van der Waals surface area contributed by atoms with Gasteiger partial charge in [-0.3, -0.25) is 9.59 Å². The third-order valence-corrected chi connectivity index (χ3v) is 6.39. The number of nitrogens with two attached hydrogens (primary N) is 1. The second kappa shape index (κ2) is 10.8. The number of carboxylic acid groups (broad SMARTS) is 1. The molecule has 2 fully saturated rings. The number of hydrogen-bond acceptors (Lipinski definition) is 6. The Labute approximate surface area is 212 Å². The highest BCUT2D eigenvalue weighted by atomic mass is 35.5. The summed E-state index contributed by atoms with van der Waals surface area (Å²) in [4.78, 5) is 37.8. The van der Waals surface area contributed by atoms with Crippen molar-refractivity contribution in [3.63, 3.8) is 0 Å². The highest BCUT2D eigenvalue weighted by Gasteiger charge is 2.32. The molecule has 9 nitrogen and oxygen atoms in total. The number of pyridine rings is 1. The van der Waals surface area contributed by atoms with Crippen LogP contribution < -0.4 is 26.1 Å². The zero-order chi connectivity index (χ0) is 25.4. The van der Waals surface area contributed by atoms with Gasteiger partial charge in [-0.15, -0.1) is 12.4 Å². The number of rotatable bonds is 7. The molecule has 12 heteroatoms. The summed E-state index contributed by atoms with van der Waals surface area (Å²) in [5, 5.41) is 11.8. The van der Waals surface area contributed by atoms with Crippen molar-refractivity contribution in [2.24, 2.45) is 5.73 Å². The number of piperidine rings is 1. The molecule has 1 saturated carbocycles. The first-order valence-corrected chi connectivity index (χ1v) is 11.5. The van der Waals surface area contributed by atoms with Crippen molar-refractivity contribution in [1.29, 1.82) is 0 Å². The molecule has 1 saturated heterocycles. The summed E-state index contributed by atoms with van der Waals surface area (Å²) in [6, 6.07) is 0.251. The van der Waals surface area contributed by atoms with Crippen LogP contribution in [0.5, 0.6) is 5.75 Å². The lowest BCUT2D eigenvalue weighted by Crippen LogP contribution is -2.39. The van der Waals surface area contributed by atoms with Gasteiger partial charge < -0.3 is 30.4 Å². The average molecular weight is 527 g/mol. The fourth-order valence-electron chi connectivity index (χ4n) is 4.46. The van der Waals surface area contributed by atoms with Crippen LogP contribution in [0.2, 0.25) is 0 Å². The quantitative estimate of drug-likeness (QED) is 0.506. The lowest BCUT2D eigenvalue weighted by atomic mass is 10.0. The molecule has 0 bridgehead atoms. The molecule has 1 aromatic heterocycles. The van der Waals surface area contributed by atoms with Crippen LogP contribution in [0, 0.1) is 5.82 Å². The molecular formula is C24H29ClF2N4O5. The van der Waals surface area contributed by atoms with E-state index in [-0.39, 0.29) is 48.4 Å². The van der Waals surface area contributed by atoms with Crippen LogP contribution in [0.25, 0.3) is 10.9 Å². The number of amides is 1. The number of carbonyl (C=O) groups excluding carboxylic acids is 1. The summed E-state index contributed by atoms with van der Waals surface area (Å²) in [5.41, 5.74) is 5.10. The van der Waals surface area contributed by atoms with Crippen LogP contribution in [0.3, 0.4) is 0 Å². The van der Waals surface area contributed by atoms with Gasteiger partial charge in [0.25, 0.3) is 0 Å². The number of carbonyl (C=O) groups is 2. The third kappa shape index (κ3) is 5.17. The van der Waals surface area contributed by atoms with E-state index < -0.39 is 40.6 Å². The van der Waals surface area contributed by atoms with Crippen molar-refractivity contribution in [3.05, 3.63) is 45.3 Å². The molecule has 1 aliphatic carbocycles. The lowest BCUT2D eigenvalue weighted by Gasteiger charge is -2.33. The fourth-order valence-corrected chi connectivity index (χ4v) is 4.46. The Morgan fingerprint density at radius 1 is 1.36 bits per heavy atom. The maximum absolute atomic E-state index is 15.5. The molecule has 2 aromatic rings. The number of ether oxygens (including phenoxy) is 1. The van der Waals surface area contributed by atoms with Gasteiger partial charge in [0, 0.05) is 25.3 Å². The molecular weight excluding hydrogens is 498 g/mol. The normalized spacial score (nSPS) is 17.9. The fraction of sp³-hybridized carbons (Fsp3) is 0.458. The first-order valence-electron chi connectivity index (χ1n) is 11.5. The third-order valence-electron chi connectivity index (χ3n) is 6.39. The minimum absolute atomic E-state index is 0. The zero-order valence-corrected chi connectivity index (χ0v) is 20.8. The van der Waals surface area contributed by atoms with Gasteiger partial charge in [0.15, 0.2) is 11.6 Å². The second-order valence-corrected chi connectivity index (χ2v) is 8.99. The van der Waals surface area contributed by atoms with Gasteiger partial charge in [-0.1, -0.05) is 0 Å². The van der Waals surface area contributed by atoms with Crippen molar-refractivity contribution in [3.8, 4) is 5.75 Å². The van der Waals surface area contributed by atoms with E-state index in [0.29, 0.717) is 30.5 Å². The predicted molar refractivity (Wildman–Crippen MR) is 133 cm³/mol. The molecule has 0 radical (unpaired) electrons. The SMILES string of the molecule is COc1c(N2CCCC(=C(F)CNC(=O)[C@H](C)N)C2)c(F)cc2c(=O)c(C(=O)O)cn(C3CC3)c12.Cl. The number of fused-ring (bicyclic) bond motifs is 1. The molecule has 1 amide bonds. The number of aromatic nitrogens is 1. The van der Waals surface area contributed by atoms with Crippen molar-refractivity contribution in [2.45, 2.75) is 44.7 Å². The number of nitrogens with zero attached hydrogens (tertiary/aromatic N) is 2. The molecule has 36 heavy (non-hydrogen) atoms. The van der Waals surface area contributed by atoms with Crippen molar-refractivity contribution in [1.82, 2.24) is 9.88 Å². The number of carboxylic acids is 1. The Morgan fingerprint density at radius 2 is 2.06 bits per heavy atom. The second-order valence-electron chi connectivity index (χ2n) is 8.99. The van der Waals surface area contributed by atoms with Crippen LogP contribution >= 0.6 is 12.4 Å². The summed E-state index contributed by atoms with van der Waals surface area (Å²) in [6.45, 7) is 1.68. The first-order chi connectivity index (χ1) is 16.6. The summed E-state index contributed by atoms with van der Waals surface area (Å²) in [6.07, 6.45) is 3.86. The van der Waals surface area contributed by atoms with Gasteiger partial charge in [-0.25, -0.2) is 13.6 Å². The molecule has 1 atom stereocenters. The maximum Gasteiger partial charge on any atom is 0.341 e. The topological polar surface area (TPSA) is 127 Å². The van der Waals surface area contributed by atoms with E-state index in [2.05, 4.69) is 5.32 Å². The Kier molecular flexibility index (Phi) is 8.25. The van der Waals surface area contributed by atoms with Crippen LogP contribution in [-0.4, -0.2) is 54.3 Å². The largest absolute Gasteiger partial charge is 0.492 e. The van der Waals surface area contributed by atoms with Crippen LogP contribution in [0.1, 0.15) is 49.0 Å². The molecule has 1 aliphatic heterocycles. The van der Waals surface area contributed by atoms with Crippen LogP contribution in [-0.2, 0) is 4.79 Å². The Hall–Kier alpha value is -3.18. The van der Waals surface area contributed by atoms with Crippen LogP contribution in [0.4, 0.5) is 14.5 Å². The number of halogens is 3. The number of anilines is 1. The Morgan fingerprint density at radius 3 is 2.64 bits per heavy atom. The van der Waals surface area contributed by atoms with Gasteiger partial charge in [-0.2, -0.15) is 0 Å². The van der Waals surface area contributed by atoms with E-state index >= 15 is 4.39 Å². The lowest BCUT2D eigenvalue weighted by molar-refractivity contribution is -0.121. The predicted octanol–water partition coefficient (Wildman–Crippen LogP) is 2.89. The maximum atomic E-state index is 15.5. The first kappa shape index (κ1) is 27.4. The molecule has 2 heterocycles. The molecule has 2 aliphatic rings. The van der Waals surface area contributed by atoms with Gasteiger partial charge in [0.1, 0.15) is 17.1 Å². The summed E-state index contributed by atoms with van der Waals surface area (Å²) in [5.74, 6) is -3.03. The standard InChI is InChI=1S/C24H28F2N4O5.ClH/c1-12(27)23(32)28-9-18(26)13-4-3-7-29(10-13)20-17(25)8-15-19(22(20)35-2)30(14-5-6-14)11-16(21(15)31)24(33)34;/h8,11-12,14H,3-7,9-10,27H2,1-2H3,(H,28,32)(H,33,34);1H/t12-;/m0./s1. The molecule has 196 valence electrons. The number of methoxy groups -OCH3 is 1. The molecule has 1 aromatic carbocycles. The van der Waals surface area contributed by atoms with Gasteiger partial charge in [-0.05, 0) is 44.2 Å². The van der Waals surface area contributed by atoms with Gasteiger partial charge in [0.2, 0.25) is 11.3 Å². The van der Waals surface area contributed by atoms with Crippen molar-refractivity contribution < 1.29 is 28.2 Å². The van der Waals surface area contributed by atoms with E-state index in [0.717, 1.165) is 18.9 Å². The summed E-state index contributed by atoms with van der Waals surface area (Å²) < 4.78 is 37.6. The van der Waals surface area contributed by atoms with E-state index in [1.165, 1.54) is 20.2 Å². The number of aromatic carboxylic acids is 1. The minimum Gasteiger partial charge on any atom is -0.492 e. The molecule has 0 unspecified atom stereocenters. The number of benzene rings is 1. The van der Waals surface area contributed by atoms with E-state index in [9.17, 15) is 23.9 Å². The van der Waals surface area contributed by atoms with E-state index in [1.807, 2.05) is 0 Å². The highest BCUT2D eigenvalue weighted by molar-refractivity contribution is 5.97. The summed E-state index contributed by atoms with van der Waals surface area (Å²) in [7, 11) is 1.36. The monoisotopic (exact) mass is 526 g/mol. The van der Waals surface area contributed by atoms with Crippen molar-refractivity contribution in [2.75, 3.05) is 31.6 Å². The number of nitrogens with one attached hydrogen (secondary N) is 1. The Balaban J connectivity index is 0.00000361. The van der Waals surface area contributed by atoms with E-state index in [1.54, 1.807) is 9.47 Å². The average Bonchev–Trinajstić information content (AvgIpc) is 3.67. The molecule has 0 spiro atoms. The Bertz CT molecular complexity index is 1290. The van der Waals surface area contributed by atoms with Gasteiger partial charge in [0.05, 0.1) is 30.6 Å². The molecule has 4 N–H and O–H groups in total. The van der Waals surface area contributed by atoms with E-state index in [4.69, 9.17) is 10.5 Å². The zero-order valence-electron chi connectivity index (χ0n) is 20.0. The smallest absolute Gasteiger partial charge is 0.341 e. The van der Waals surface area contributed by atoms with Crippen LogP contribution in [0.15, 0.2) is 28.5 Å². The highest BCUT2D eigenvalue weighted by Crippen LogP contribution is 2.44.